The number of benzene rings is 1. The third kappa shape index (κ3) is 3.35. The van der Waals surface area contributed by atoms with Gasteiger partial charge in [0.25, 0.3) is 5.91 Å². The molecule has 2 aliphatic heterocycles. The normalized spacial score (nSPS) is 23.1. The molecule has 3 atom stereocenters. The number of likely N-dealkylation sites (tertiary alicyclic amines) is 1. The van der Waals surface area contributed by atoms with Crippen LogP contribution >= 0.6 is 0 Å². The maximum atomic E-state index is 13.0. The molecule has 0 aliphatic carbocycles. The molecule has 3 heterocycles. The van der Waals surface area contributed by atoms with Crippen molar-refractivity contribution in [3.8, 4) is 0 Å². The van der Waals surface area contributed by atoms with Gasteiger partial charge in [0.1, 0.15) is 6.42 Å². The lowest BCUT2D eigenvalue weighted by atomic mass is 9.71. The predicted molar refractivity (Wildman–Crippen MR) is 97.3 cm³/mol. The largest absolute Gasteiger partial charge is 0.397 e. The highest BCUT2D eigenvalue weighted by atomic mass is 19.4. The number of carbonyl (C=O) groups is 2. The Balaban J connectivity index is 1.69. The summed E-state index contributed by atoms with van der Waals surface area (Å²) < 4.78 is 38.5. The van der Waals surface area contributed by atoms with Crippen LogP contribution in [-0.4, -0.2) is 58.2 Å². The molecule has 1 aromatic heterocycles. The van der Waals surface area contributed by atoms with Crippen LogP contribution in [0.15, 0.2) is 48.8 Å². The van der Waals surface area contributed by atoms with E-state index in [9.17, 15) is 27.9 Å². The Morgan fingerprint density at radius 3 is 2.48 bits per heavy atom. The van der Waals surface area contributed by atoms with Gasteiger partial charge in [-0.2, -0.15) is 13.2 Å². The third-order valence-corrected chi connectivity index (χ3v) is 5.50. The van der Waals surface area contributed by atoms with E-state index < -0.39 is 30.6 Å². The van der Waals surface area contributed by atoms with Crippen molar-refractivity contribution in [2.24, 2.45) is 0 Å². The number of pyridine rings is 1. The lowest BCUT2D eigenvalue weighted by Crippen LogP contribution is -2.70. The number of aromatic nitrogens is 1. The van der Waals surface area contributed by atoms with Gasteiger partial charge in [0.2, 0.25) is 5.91 Å². The first kappa shape index (κ1) is 19.4. The van der Waals surface area contributed by atoms with Crippen LogP contribution in [0, 0.1) is 0 Å². The lowest BCUT2D eigenvalue weighted by molar-refractivity contribution is -0.152. The van der Waals surface area contributed by atoms with Gasteiger partial charge in [0.05, 0.1) is 18.7 Å². The Morgan fingerprint density at radius 1 is 1.14 bits per heavy atom. The summed E-state index contributed by atoms with van der Waals surface area (Å²) in [5.74, 6) is -1.67. The van der Waals surface area contributed by atoms with Crippen molar-refractivity contribution >= 4 is 17.5 Å². The van der Waals surface area contributed by atoms with Crippen molar-refractivity contribution in [1.29, 1.82) is 0 Å². The van der Waals surface area contributed by atoms with Gasteiger partial charge in [0, 0.05) is 36.1 Å². The molecular formula is C20H18F3N3O3. The fraction of sp³-hybridized carbons (Fsp3) is 0.350. The predicted octanol–water partition coefficient (Wildman–Crippen LogP) is 2.35. The first-order valence-corrected chi connectivity index (χ1v) is 9.11. The highest BCUT2D eigenvalue weighted by Crippen LogP contribution is 2.48. The molecule has 4 rings (SSSR count). The van der Waals surface area contributed by atoms with Crippen molar-refractivity contribution < 1.29 is 27.9 Å². The average Bonchev–Trinajstić information content (AvgIpc) is 2.67. The Morgan fingerprint density at radius 2 is 1.83 bits per heavy atom. The zero-order valence-corrected chi connectivity index (χ0v) is 15.2. The number of aliphatic hydroxyl groups excluding tert-OH is 1. The smallest absolute Gasteiger partial charge is 0.394 e. The molecule has 29 heavy (non-hydrogen) atoms. The maximum Gasteiger partial charge on any atom is 0.397 e. The maximum absolute atomic E-state index is 13.0. The Labute approximate surface area is 164 Å². The van der Waals surface area contributed by atoms with Crippen LogP contribution in [0.1, 0.15) is 28.3 Å². The molecule has 9 heteroatoms. The second kappa shape index (κ2) is 7.14. The number of carbonyl (C=O) groups excluding carboxylic acids is 2. The number of para-hydroxylation sites is 1. The summed E-state index contributed by atoms with van der Waals surface area (Å²) in [6.07, 6.45) is -3.26. The van der Waals surface area contributed by atoms with Gasteiger partial charge >= 0.3 is 6.18 Å². The number of hydrogen-bond acceptors (Lipinski definition) is 4. The summed E-state index contributed by atoms with van der Waals surface area (Å²) >= 11 is 0. The monoisotopic (exact) mass is 405 g/mol. The summed E-state index contributed by atoms with van der Waals surface area (Å²) in [6, 6.07) is 8.76. The Bertz CT molecular complexity index is 935. The summed E-state index contributed by atoms with van der Waals surface area (Å²) in [7, 11) is 0. The highest BCUT2D eigenvalue weighted by molar-refractivity contribution is 5.98. The molecule has 0 unspecified atom stereocenters. The molecular weight excluding hydrogens is 387 g/mol. The fourth-order valence-corrected chi connectivity index (χ4v) is 4.31. The number of anilines is 1. The number of hydrogen-bond donors (Lipinski definition) is 1. The first-order chi connectivity index (χ1) is 13.8. The van der Waals surface area contributed by atoms with E-state index in [0.717, 1.165) is 4.90 Å². The minimum absolute atomic E-state index is 0.0517. The number of fused-ring (bicyclic) bond motifs is 3. The van der Waals surface area contributed by atoms with Gasteiger partial charge in [-0.05, 0) is 23.8 Å². The van der Waals surface area contributed by atoms with Gasteiger partial charge in [-0.1, -0.05) is 18.2 Å². The van der Waals surface area contributed by atoms with E-state index in [1.807, 2.05) is 0 Å². The SMILES string of the molecule is O=C(CC(F)(F)F)N1C[C@@H]2[C@H](c3ccccc31)[C@H](CO)N2C(=O)c1ccncc1. The topological polar surface area (TPSA) is 73.7 Å². The molecule has 1 saturated heterocycles. The molecule has 2 amide bonds. The van der Waals surface area contributed by atoms with Gasteiger partial charge in [-0.3, -0.25) is 14.6 Å². The van der Waals surface area contributed by atoms with Crippen LogP contribution in [0.2, 0.25) is 0 Å². The molecule has 0 bridgehead atoms. The van der Waals surface area contributed by atoms with Crippen molar-refractivity contribution in [3.05, 3.63) is 59.9 Å². The number of rotatable bonds is 3. The second-order valence-corrected chi connectivity index (χ2v) is 7.15. The third-order valence-electron chi connectivity index (χ3n) is 5.50. The molecule has 2 aliphatic rings. The van der Waals surface area contributed by atoms with Crippen molar-refractivity contribution in [3.63, 3.8) is 0 Å². The average molecular weight is 405 g/mol. The van der Waals surface area contributed by atoms with E-state index in [1.54, 1.807) is 24.3 Å². The summed E-state index contributed by atoms with van der Waals surface area (Å²) in [5.41, 5.74) is 1.43. The molecule has 1 N–H and O–H groups in total. The minimum atomic E-state index is -4.62. The van der Waals surface area contributed by atoms with Gasteiger partial charge in [-0.15, -0.1) is 0 Å². The highest BCUT2D eigenvalue weighted by Gasteiger charge is 2.55. The van der Waals surface area contributed by atoms with E-state index in [-0.39, 0.29) is 25.0 Å². The van der Waals surface area contributed by atoms with E-state index in [0.29, 0.717) is 16.8 Å². The van der Waals surface area contributed by atoms with Crippen LogP contribution in [0.5, 0.6) is 0 Å². The van der Waals surface area contributed by atoms with E-state index in [1.165, 1.54) is 29.4 Å². The van der Waals surface area contributed by atoms with Gasteiger partial charge in [-0.25, -0.2) is 0 Å². The number of amides is 2. The van der Waals surface area contributed by atoms with Crippen LogP contribution in [-0.2, 0) is 4.79 Å². The minimum Gasteiger partial charge on any atom is -0.394 e. The standard InChI is InChI=1S/C20H18F3N3O3/c21-20(22,23)9-17(28)25-10-15-18(13-3-1-2-4-14(13)25)16(11-27)26(15)19(29)12-5-7-24-8-6-12/h1-8,15-16,18,27H,9-11H2/t15-,16+,18+/m1/s1. The molecule has 0 spiro atoms. The van der Waals surface area contributed by atoms with Crippen molar-refractivity contribution in [2.75, 3.05) is 18.1 Å². The van der Waals surface area contributed by atoms with Crippen LogP contribution < -0.4 is 4.90 Å². The zero-order valence-electron chi connectivity index (χ0n) is 15.2. The molecule has 2 aromatic rings. The number of halogens is 3. The van der Waals surface area contributed by atoms with Gasteiger partial charge in [0.15, 0.2) is 0 Å². The van der Waals surface area contributed by atoms with Crippen LogP contribution in [0.3, 0.4) is 0 Å². The second-order valence-electron chi connectivity index (χ2n) is 7.15. The zero-order chi connectivity index (χ0) is 20.8. The number of aliphatic hydroxyl groups is 1. The first-order valence-electron chi connectivity index (χ1n) is 9.11. The Kier molecular flexibility index (Phi) is 4.77. The van der Waals surface area contributed by atoms with Crippen LogP contribution in [0.4, 0.5) is 18.9 Å². The molecule has 0 radical (unpaired) electrons. The molecule has 6 nitrogen and oxygen atoms in total. The van der Waals surface area contributed by atoms with Crippen molar-refractivity contribution in [1.82, 2.24) is 9.88 Å². The summed E-state index contributed by atoms with van der Waals surface area (Å²) in [6.45, 7) is -0.341. The molecule has 152 valence electrons. The van der Waals surface area contributed by atoms with Crippen molar-refractivity contribution in [2.45, 2.75) is 30.6 Å². The van der Waals surface area contributed by atoms with Crippen LogP contribution in [0.25, 0.3) is 0 Å². The summed E-state index contributed by atoms with van der Waals surface area (Å²) in [5, 5.41) is 9.91. The van der Waals surface area contributed by atoms with E-state index in [2.05, 4.69) is 4.98 Å². The molecule has 0 saturated carbocycles. The number of nitrogens with zero attached hydrogens (tertiary/aromatic N) is 3. The Hall–Kier alpha value is -2.94. The molecule has 1 fully saturated rings. The fourth-order valence-electron chi connectivity index (χ4n) is 4.31. The van der Waals surface area contributed by atoms with Gasteiger partial charge < -0.3 is 14.9 Å². The molecule has 1 aromatic carbocycles. The quantitative estimate of drug-likeness (QED) is 0.851. The number of alkyl halides is 3. The van der Waals surface area contributed by atoms with E-state index in [4.69, 9.17) is 0 Å². The van der Waals surface area contributed by atoms with E-state index >= 15 is 0 Å². The lowest BCUT2D eigenvalue weighted by Gasteiger charge is -2.58. The summed E-state index contributed by atoms with van der Waals surface area (Å²) in [4.78, 5) is 31.8.